The van der Waals surface area contributed by atoms with E-state index in [9.17, 15) is 9.18 Å². The molecule has 2 fully saturated rings. The highest BCUT2D eigenvalue weighted by Crippen LogP contribution is 2.43. The van der Waals surface area contributed by atoms with Crippen molar-refractivity contribution in [3.05, 3.63) is 29.6 Å². The number of carbonyl (C=O) groups is 1. The van der Waals surface area contributed by atoms with E-state index in [1.807, 2.05) is 0 Å². The van der Waals surface area contributed by atoms with Crippen LogP contribution >= 0.6 is 0 Å². The summed E-state index contributed by atoms with van der Waals surface area (Å²) in [4.78, 5) is 12.6. The molecule has 1 spiro atoms. The van der Waals surface area contributed by atoms with Crippen LogP contribution < -0.4 is 5.73 Å². The van der Waals surface area contributed by atoms with Gasteiger partial charge in [0, 0.05) is 18.1 Å². The van der Waals surface area contributed by atoms with E-state index in [0.717, 1.165) is 19.3 Å². The highest BCUT2D eigenvalue weighted by molar-refractivity contribution is 6.02. The molecule has 2 N–H and O–H groups in total. The Labute approximate surface area is 118 Å². The maximum Gasteiger partial charge on any atom is 0.168 e. The summed E-state index contributed by atoms with van der Waals surface area (Å²) in [7, 11) is 0. The number of nitrogens with two attached hydrogens (primary N) is 1. The predicted molar refractivity (Wildman–Crippen MR) is 75.0 cm³/mol. The summed E-state index contributed by atoms with van der Waals surface area (Å²) in [6.45, 7) is 0.617. The van der Waals surface area contributed by atoms with Gasteiger partial charge in [-0.1, -0.05) is 18.9 Å². The number of hydrogen-bond donors (Lipinski definition) is 1. The molecule has 1 heterocycles. The average Bonchev–Trinajstić information content (AvgIpc) is 2.89. The lowest BCUT2D eigenvalue weighted by Gasteiger charge is -2.37. The first-order chi connectivity index (χ1) is 9.61. The van der Waals surface area contributed by atoms with Gasteiger partial charge in [0.2, 0.25) is 0 Å². The normalized spacial score (nSPS) is 24.9. The summed E-state index contributed by atoms with van der Waals surface area (Å²) < 4.78 is 19.4. The number of nitrogen functional groups attached to an aromatic ring is 1. The predicted octanol–water partition coefficient (Wildman–Crippen LogP) is 3.33. The fourth-order valence-electron chi connectivity index (χ4n) is 3.59. The second-order valence-corrected chi connectivity index (χ2v) is 5.99. The van der Waals surface area contributed by atoms with Gasteiger partial charge in [-0.05, 0) is 37.8 Å². The number of anilines is 1. The van der Waals surface area contributed by atoms with E-state index in [2.05, 4.69) is 0 Å². The molecular formula is C16H20FNO2. The van der Waals surface area contributed by atoms with Crippen molar-refractivity contribution in [2.24, 2.45) is 5.92 Å². The zero-order chi connectivity index (χ0) is 14.2. The summed E-state index contributed by atoms with van der Waals surface area (Å²) in [6, 6.07) is 4.45. The van der Waals surface area contributed by atoms with Crippen LogP contribution in [0.3, 0.4) is 0 Å². The van der Waals surface area contributed by atoms with Crippen LogP contribution in [-0.2, 0) is 4.74 Å². The number of benzene rings is 1. The maximum atomic E-state index is 13.5. The van der Waals surface area contributed by atoms with Crippen molar-refractivity contribution in [2.75, 3.05) is 12.3 Å². The molecule has 1 atom stereocenters. The molecule has 3 rings (SSSR count). The lowest BCUT2D eigenvalue weighted by atomic mass is 9.80. The Morgan fingerprint density at radius 2 is 2.10 bits per heavy atom. The molecule has 2 aliphatic rings. The van der Waals surface area contributed by atoms with E-state index in [4.69, 9.17) is 10.5 Å². The van der Waals surface area contributed by atoms with Gasteiger partial charge in [0.25, 0.3) is 0 Å². The van der Waals surface area contributed by atoms with E-state index >= 15 is 0 Å². The van der Waals surface area contributed by atoms with Gasteiger partial charge in [0.1, 0.15) is 5.82 Å². The summed E-state index contributed by atoms with van der Waals surface area (Å²) in [5, 5.41) is 0. The second-order valence-electron chi connectivity index (χ2n) is 5.99. The third kappa shape index (κ3) is 2.33. The number of carbonyl (C=O) groups excluding carboxylic acids is 1. The van der Waals surface area contributed by atoms with Gasteiger partial charge in [-0.15, -0.1) is 0 Å². The monoisotopic (exact) mass is 277 g/mol. The zero-order valence-corrected chi connectivity index (χ0v) is 11.5. The van der Waals surface area contributed by atoms with Crippen molar-refractivity contribution in [3.8, 4) is 0 Å². The SMILES string of the molecule is Nc1c(F)cccc1C(=O)C1CCOC2(CCCC2)C1. The van der Waals surface area contributed by atoms with Crippen molar-refractivity contribution >= 4 is 11.5 Å². The number of rotatable bonds is 2. The number of ether oxygens (including phenoxy) is 1. The molecule has 3 nitrogen and oxygen atoms in total. The van der Waals surface area contributed by atoms with Gasteiger partial charge in [-0.25, -0.2) is 4.39 Å². The molecular weight excluding hydrogens is 257 g/mol. The van der Waals surface area contributed by atoms with Gasteiger partial charge in [-0.2, -0.15) is 0 Å². The summed E-state index contributed by atoms with van der Waals surface area (Å²) in [5.41, 5.74) is 5.90. The number of hydrogen-bond acceptors (Lipinski definition) is 3. The van der Waals surface area contributed by atoms with Gasteiger partial charge < -0.3 is 10.5 Å². The molecule has 1 saturated carbocycles. The Morgan fingerprint density at radius 3 is 2.85 bits per heavy atom. The fourth-order valence-corrected chi connectivity index (χ4v) is 3.59. The molecule has 1 aromatic carbocycles. The molecule has 0 aromatic heterocycles. The van der Waals surface area contributed by atoms with Crippen LogP contribution in [0.15, 0.2) is 18.2 Å². The van der Waals surface area contributed by atoms with Crippen molar-refractivity contribution in [3.63, 3.8) is 0 Å². The van der Waals surface area contributed by atoms with Crippen molar-refractivity contribution in [1.82, 2.24) is 0 Å². The maximum absolute atomic E-state index is 13.5. The smallest absolute Gasteiger partial charge is 0.168 e. The van der Waals surface area contributed by atoms with Gasteiger partial charge in [0.15, 0.2) is 5.78 Å². The standard InChI is InChI=1S/C16H20FNO2/c17-13-5-3-4-12(14(13)18)15(19)11-6-9-20-16(10-11)7-1-2-8-16/h3-5,11H,1-2,6-10,18H2. The van der Waals surface area contributed by atoms with Gasteiger partial charge in [0.05, 0.1) is 11.3 Å². The first kappa shape index (κ1) is 13.6. The van der Waals surface area contributed by atoms with Crippen molar-refractivity contribution in [2.45, 2.75) is 44.1 Å². The number of para-hydroxylation sites is 1. The van der Waals surface area contributed by atoms with E-state index in [1.165, 1.54) is 18.9 Å². The topological polar surface area (TPSA) is 52.3 Å². The van der Waals surface area contributed by atoms with E-state index < -0.39 is 5.82 Å². The average molecular weight is 277 g/mol. The third-order valence-corrected chi connectivity index (χ3v) is 4.70. The minimum absolute atomic E-state index is 0.0236. The molecule has 1 aliphatic heterocycles. The Bertz CT molecular complexity index is 523. The summed E-state index contributed by atoms with van der Waals surface area (Å²) in [6.07, 6.45) is 5.87. The molecule has 1 aliphatic carbocycles. The molecule has 1 aromatic rings. The lowest BCUT2D eigenvalue weighted by molar-refractivity contribution is -0.0866. The first-order valence-electron chi connectivity index (χ1n) is 7.33. The molecule has 0 radical (unpaired) electrons. The van der Waals surface area contributed by atoms with Crippen molar-refractivity contribution < 1.29 is 13.9 Å². The molecule has 1 unspecified atom stereocenters. The zero-order valence-electron chi connectivity index (χ0n) is 11.5. The van der Waals surface area contributed by atoms with Gasteiger partial charge in [-0.3, -0.25) is 4.79 Å². The highest BCUT2D eigenvalue weighted by Gasteiger charge is 2.42. The van der Waals surface area contributed by atoms with Gasteiger partial charge >= 0.3 is 0 Å². The van der Waals surface area contributed by atoms with Crippen LogP contribution in [0.4, 0.5) is 10.1 Å². The Morgan fingerprint density at radius 1 is 1.35 bits per heavy atom. The highest BCUT2D eigenvalue weighted by atomic mass is 19.1. The summed E-state index contributed by atoms with van der Waals surface area (Å²) in [5.74, 6) is -0.638. The Kier molecular flexibility index (Phi) is 3.50. The quantitative estimate of drug-likeness (QED) is 0.666. The van der Waals surface area contributed by atoms with E-state index in [0.29, 0.717) is 18.6 Å². The third-order valence-electron chi connectivity index (χ3n) is 4.70. The lowest BCUT2D eigenvalue weighted by Crippen LogP contribution is -2.39. The van der Waals surface area contributed by atoms with E-state index in [-0.39, 0.29) is 23.0 Å². The van der Waals surface area contributed by atoms with Crippen LogP contribution in [0.25, 0.3) is 0 Å². The number of Topliss-reactive ketones (excluding diaryl/α,β-unsaturated/α-hetero) is 1. The van der Waals surface area contributed by atoms with Crippen LogP contribution in [0, 0.1) is 11.7 Å². The minimum Gasteiger partial charge on any atom is -0.396 e. The molecule has 108 valence electrons. The molecule has 0 amide bonds. The molecule has 1 saturated heterocycles. The largest absolute Gasteiger partial charge is 0.396 e. The second kappa shape index (κ2) is 5.17. The number of ketones is 1. The van der Waals surface area contributed by atoms with Crippen LogP contribution in [0.2, 0.25) is 0 Å². The molecule has 20 heavy (non-hydrogen) atoms. The van der Waals surface area contributed by atoms with Crippen LogP contribution in [-0.4, -0.2) is 18.0 Å². The Hall–Kier alpha value is -1.42. The molecule has 4 heteroatoms. The minimum atomic E-state index is -0.515. The fraction of sp³-hybridized carbons (Fsp3) is 0.562. The Balaban J connectivity index is 1.81. The van der Waals surface area contributed by atoms with Crippen molar-refractivity contribution in [1.29, 1.82) is 0 Å². The van der Waals surface area contributed by atoms with E-state index in [1.54, 1.807) is 12.1 Å². The first-order valence-corrected chi connectivity index (χ1v) is 7.33. The van der Waals surface area contributed by atoms with Crippen LogP contribution in [0.1, 0.15) is 48.9 Å². The van der Waals surface area contributed by atoms with Crippen LogP contribution in [0.5, 0.6) is 0 Å². The number of halogens is 1. The summed E-state index contributed by atoms with van der Waals surface area (Å²) >= 11 is 0. The molecule has 0 bridgehead atoms.